The van der Waals surface area contributed by atoms with Crippen molar-refractivity contribution in [2.24, 2.45) is 0 Å². The van der Waals surface area contributed by atoms with E-state index in [0.717, 1.165) is 6.16 Å². The molecule has 0 radical (unpaired) electrons. The summed E-state index contributed by atoms with van der Waals surface area (Å²) >= 11 is 0. The molecule has 0 aliphatic heterocycles. The molecule has 0 aromatic heterocycles. The topological polar surface area (TPSA) is 0 Å². The van der Waals surface area contributed by atoms with Gasteiger partial charge in [-0.3, -0.25) is 0 Å². The molecule has 0 unspecified atom stereocenters. The molecule has 248 valence electrons. The molecule has 0 aliphatic carbocycles. The minimum Gasteiger partial charge on any atom is -0.195 e. The summed E-state index contributed by atoms with van der Waals surface area (Å²) in [5.74, 6) is 0. The Morgan fingerprint density at radius 3 is 0.725 bits per heavy atom. The van der Waals surface area contributed by atoms with Crippen molar-refractivity contribution in [3.05, 3.63) is 248 Å². The fourth-order valence-electron chi connectivity index (χ4n) is 8.00. The summed E-state index contributed by atoms with van der Waals surface area (Å²) in [5.41, 5.74) is 6.75. The number of hydrogen-bond acceptors (Lipinski definition) is 0. The monoisotopic (exact) mass is 673 g/mol. The molecular weight excluding hydrogens is 630 g/mol. The molecule has 0 N–H and O–H groups in total. The Bertz CT molecular complexity index is 1920. The van der Waals surface area contributed by atoms with Crippen LogP contribution in [0.1, 0.15) is 5.56 Å². The zero-order valence-electron chi connectivity index (χ0n) is 28.9. The van der Waals surface area contributed by atoms with Crippen molar-refractivity contribution in [1.29, 1.82) is 0 Å². The molecule has 0 aliphatic rings. The normalized spacial score (nSPS) is 11.5. The molecule has 0 atom stereocenters. The molecule has 0 heterocycles. The Labute approximate surface area is 304 Å². The van der Waals surface area contributed by atoms with Gasteiger partial charge in [-0.1, -0.05) is 121 Å². The summed E-state index contributed by atoms with van der Waals surface area (Å²) in [6.07, 6.45) is -0.154. The second-order valence-electron chi connectivity index (χ2n) is 13.2. The average molecular weight is 674 g/mol. The maximum absolute atomic E-state index is 2.31. The summed E-state index contributed by atoms with van der Waals surface area (Å²) < 4.78 is 0. The van der Waals surface area contributed by atoms with E-state index in [2.05, 4.69) is 243 Å². The maximum atomic E-state index is 2.31. The summed E-state index contributed by atoms with van der Waals surface area (Å²) in [6.45, 7) is 0. The van der Waals surface area contributed by atoms with E-state index in [1.807, 2.05) is 0 Å². The molecule has 2 heteroatoms. The van der Waals surface area contributed by atoms with Crippen LogP contribution >= 0.6 is 7.26 Å². The van der Waals surface area contributed by atoms with Gasteiger partial charge in [0.15, 0.2) is 0 Å². The van der Waals surface area contributed by atoms with E-state index in [4.69, 9.17) is 0 Å². The predicted molar refractivity (Wildman–Crippen MR) is 227 cm³/mol. The molecule has 51 heavy (non-hydrogen) atoms. The van der Waals surface area contributed by atoms with Gasteiger partial charge in [-0.15, -0.1) is 0 Å². The Balaban J connectivity index is 0.000000159. The van der Waals surface area contributed by atoms with E-state index in [0.29, 0.717) is 0 Å². The summed E-state index contributed by atoms with van der Waals surface area (Å²) in [6, 6.07) is 87.7. The van der Waals surface area contributed by atoms with Gasteiger partial charge in [0.2, 0.25) is 0 Å². The Kier molecular flexibility index (Phi) is 10.8. The van der Waals surface area contributed by atoms with Gasteiger partial charge in [-0.25, -0.2) is 0 Å². The quantitative estimate of drug-likeness (QED) is 0.108. The van der Waals surface area contributed by atoms with Crippen molar-refractivity contribution in [3.8, 4) is 0 Å². The molecule has 8 aromatic carbocycles. The van der Waals surface area contributed by atoms with Crippen LogP contribution in [0.15, 0.2) is 243 Å². The van der Waals surface area contributed by atoms with Crippen LogP contribution in [0, 0.1) is 0 Å². The van der Waals surface area contributed by atoms with Crippen molar-refractivity contribution < 1.29 is 0 Å². The SMILES string of the molecule is c1ccc(C[PH](c2ccccc2)(c2ccccc2)c2ccccc2)cc1.c1ccc([B-](c2ccccc2)(c2ccccc2)c2ccccc2)cc1. The summed E-state index contributed by atoms with van der Waals surface area (Å²) in [5, 5.41) is 4.38. The molecule has 0 saturated heterocycles. The van der Waals surface area contributed by atoms with E-state index in [9.17, 15) is 0 Å². The van der Waals surface area contributed by atoms with Crippen LogP contribution < -0.4 is 37.8 Å². The van der Waals surface area contributed by atoms with Gasteiger partial charge in [0.1, 0.15) is 6.15 Å². The van der Waals surface area contributed by atoms with Gasteiger partial charge in [0.25, 0.3) is 0 Å². The van der Waals surface area contributed by atoms with Gasteiger partial charge >= 0.3 is 156 Å². The van der Waals surface area contributed by atoms with Crippen LogP contribution in [0.5, 0.6) is 0 Å². The predicted octanol–water partition coefficient (Wildman–Crippen LogP) is 7.98. The van der Waals surface area contributed by atoms with Crippen molar-refractivity contribution in [2.75, 3.05) is 0 Å². The zero-order valence-corrected chi connectivity index (χ0v) is 29.9. The molecule has 0 amide bonds. The summed E-state index contributed by atoms with van der Waals surface area (Å²) in [7, 11) is -2.16. The number of hydrogen-bond donors (Lipinski definition) is 0. The third kappa shape index (κ3) is 7.13. The Morgan fingerprint density at radius 2 is 0.471 bits per heavy atom. The molecule has 0 nitrogen and oxygen atoms in total. The molecule has 0 spiro atoms. The standard InChI is InChI=1S/C25H23P.C24H20B/c1-5-13-22(14-6-1)21-26(23-15-7-2-8-16-23,24-17-9-3-10-18-24)25-19-11-4-12-20-25;1-5-13-21(14-6-1)25(22-15-7-2-8-16-22,23-17-9-3-10-18-23)24-19-11-4-12-20-24/h1-20,26H,21H2;1-20H/q;-1. The first kappa shape index (κ1) is 33.7. The largest absolute Gasteiger partial charge is 0.195 e. The maximum Gasteiger partial charge on any atom is 0.108 e. The van der Waals surface area contributed by atoms with Gasteiger partial charge in [0.05, 0.1) is 0 Å². The van der Waals surface area contributed by atoms with Crippen molar-refractivity contribution in [1.82, 2.24) is 0 Å². The Morgan fingerprint density at radius 1 is 0.255 bits per heavy atom. The van der Waals surface area contributed by atoms with Crippen LogP contribution in [0.25, 0.3) is 0 Å². The second kappa shape index (κ2) is 16.3. The molecule has 8 rings (SSSR count). The van der Waals surface area contributed by atoms with E-state index in [1.165, 1.54) is 43.3 Å². The van der Waals surface area contributed by atoms with Crippen molar-refractivity contribution in [3.63, 3.8) is 0 Å². The second-order valence-corrected chi connectivity index (χ2v) is 17.1. The van der Waals surface area contributed by atoms with E-state index in [1.54, 1.807) is 0 Å². The minimum absolute atomic E-state index is 1.06. The Hall–Kier alpha value is -5.75. The van der Waals surface area contributed by atoms with Gasteiger partial charge < -0.3 is 0 Å². The molecule has 8 aromatic rings. The third-order valence-electron chi connectivity index (χ3n) is 10.3. The molecule has 0 fully saturated rings. The van der Waals surface area contributed by atoms with Crippen LogP contribution in [-0.4, -0.2) is 6.15 Å². The molecule has 0 bridgehead atoms. The summed E-state index contributed by atoms with van der Waals surface area (Å²) in [4.78, 5) is 0. The number of benzene rings is 8. The van der Waals surface area contributed by atoms with Gasteiger partial charge in [-0.2, -0.15) is 21.9 Å². The van der Waals surface area contributed by atoms with Gasteiger partial charge in [0, 0.05) is 0 Å². The van der Waals surface area contributed by atoms with Crippen molar-refractivity contribution >= 4 is 51.2 Å². The first-order chi connectivity index (χ1) is 25.3. The first-order valence-electron chi connectivity index (χ1n) is 17.9. The average Bonchev–Trinajstić information content (AvgIpc) is 3.23. The first-order valence-corrected chi connectivity index (χ1v) is 20.1. The zero-order chi connectivity index (χ0) is 34.6. The van der Waals surface area contributed by atoms with Crippen LogP contribution in [-0.2, 0) is 6.16 Å². The molecule has 0 saturated carbocycles. The number of rotatable bonds is 9. The fourth-order valence-corrected chi connectivity index (χ4v) is 12.7. The smallest absolute Gasteiger partial charge is 0.108 e. The van der Waals surface area contributed by atoms with Gasteiger partial charge in [-0.05, 0) is 0 Å². The van der Waals surface area contributed by atoms with Crippen molar-refractivity contribution in [2.45, 2.75) is 6.16 Å². The third-order valence-corrected chi connectivity index (χ3v) is 15.2. The van der Waals surface area contributed by atoms with Crippen LogP contribution in [0.4, 0.5) is 0 Å². The van der Waals surface area contributed by atoms with E-state index in [-0.39, 0.29) is 0 Å². The van der Waals surface area contributed by atoms with E-state index < -0.39 is 13.4 Å². The van der Waals surface area contributed by atoms with Crippen LogP contribution in [0.3, 0.4) is 0 Å². The van der Waals surface area contributed by atoms with Crippen LogP contribution in [0.2, 0.25) is 0 Å². The fraction of sp³-hybridized carbons (Fsp3) is 0.0204. The molecular formula is C49H43BP-. The van der Waals surface area contributed by atoms with E-state index >= 15 is 0 Å². The minimum atomic E-state index is -2.16.